The zero-order valence-electron chi connectivity index (χ0n) is 8.21. The van der Waals surface area contributed by atoms with Gasteiger partial charge >= 0.3 is 0 Å². The second-order valence-electron chi connectivity index (χ2n) is 3.19. The van der Waals surface area contributed by atoms with E-state index in [1.54, 1.807) is 0 Å². The highest BCUT2D eigenvalue weighted by Gasteiger charge is 2.05. The van der Waals surface area contributed by atoms with Gasteiger partial charge in [0.25, 0.3) is 0 Å². The predicted molar refractivity (Wildman–Crippen MR) is 51.6 cm³/mol. The largest absolute Gasteiger partial charge is 0.379 e. The summed E-state index contributed by atoms with van der Waals surface area (Å²) in [6.45, 7) is 4.09. The maximum Gasteiger partial charge on any atom is 0.105 e. The van der Waals surface area contributed by atoms with Crippen LogP contribution in [-0.4, -0.2) is 17.5 Å². The van der Waals surface area contributed by atoms with Crippen LogP contribution in [0, 0.1) is 0 Å². The van der Waals surface area contributed by atoms with E-state index in [1.165, 1.54) is 12.8 Å². The highest BCUT2D eigenvalue weighted by molar-refractivity contribution is 4.60. The Hall–Kier alpha value is -0.120. The van der Waals surface area contributed by atoms with Crippen LogP contribution in [0.25, 0.3) is 0 Å². The van der Waals surface area contributed by atoms with Gasteiger partial charge in [-0.3, -0.25) is 5.32 Å². The van der Waals surface area contributed by atoms with Crippen LogP contribution in [0.2, 0.25) is 0 Å². The number of nitrogens with two attached hydrogens (primary N) is 1. The van der Waals surface area contributed by atoms with E-state index < -0.39 is 6.23 Å². The maximum atomic E-state index is 9.19. The number of hydrogen-bond acceptors (Lipinski definition) is 3. The highest BCUT2D eigenvalue weighted by Crippen LogP contribution is 2.00. The third-order valence-corrected chi connectivity index (χ3v) is 1.91. The van der Waals surface area contributed by atoms with Gasteiger partial charge in [0.2, 0.25) is 0 Å². The first-order valence-corrected chi connectivity index (χ1v) is 4.90. The Kier molecular flexibility index (Phi) is 7.45. The standard InChI is InChI=1S/C9H22N2O/c1-3-5-6-7-8(10)11-9(12)4-2/h8-9,11-12H,3-7,10H2,1-2H3. The van der Waals surface area contributed by atoms with Crippen molar-refractivity contribution in [2.45, 2.75) is 58.3 Å². The third kappa shape index (κ3) is 6.58. The molecule has 4 N–H and O–H groups in total. The molecule has 0 aliphatic carbocycles. The SMILES string of the molecule is CCCCCC(N)NC(O)CC. The number of unbranched alkanes of at least 4 members (excludes halogenated alkanes) is 2. The third-order valence-electron chi connectivity index (χ3n) is 1.91. The molecule has 0 aromatic carbocycles. The van der Waals surface area contributed by atoms with Crippen LogP contribution in [0.1, 0.15) is 46.0 Å². The summed E-state index contributed by atoms with van der Waals surface area (Å²) in [6, 6.07) is 0. The fourth-order valence-corrected chi connectivity index (χ4v) is 1.06. The Bertz CT molecular complexity index is 98.5. The molecule has 3 nitrogen and oxygen atoms in total. The van der Waals surface area contributed by atoms with E-state index in [0.717, 1.165) is 12.8 Å². The summed E-state index contributed by atoms with van der Waals surface area (Å²) >= 11 is 0. The molecule has 0 amide bonds. The van der Waals surface area contributed by atoms with E-state index in [0.29, 0.717) is 6.42 Å². The van der Waals surface area contributed by atoms with E-state index in [4.69, 9.17) is 5.73 Å². The lowest BCUT2D eigenvalue weighted by Gasteiger charge is -2.17. The number of aliphatic hydroxyl groups excluding tert-OH is 1. The predicted octanol–water partition coefficient (Wildman–Crippen LogP) is 1.17. The van der Waals surface area contributed by atoms with Crippen molar-refractivity contribution >= 4 is 0 Å². The monoisotopic (exact) mass is 174 g/mol. The van der Waals surface area contributed by atoms with E-state index in [1.807, 2.05) is 6.92 Å². The highest BCUT2D eigenvalue weighted by atomic mass is 16.3. The van der Waals surface area contributed by atoms with Gasteiger partial charge in [-0.05, 0) is 12.8 Å². The lowest BCUT2D eigenvalue weighted by atomic mass is 10.2. The Morgan fingerprint density at radius 2 is 2.00 bits per heavy atom. The van der Waals surface area contributed by atoms with Crippen LogP contribution in [0.5, 0.6) is 0 Å². The molecule has 0 rings (SSSR count). The maximum absolute atomic E-state index is 9.19. The number of aliphatic hydroxyl groups is 1. The smallest absolute Gasteiger partial charge is 0.105 e. The summed E-state index contributed by atoms with van der Waals surface area (Å²) in [5, 5.41) is 12.1. The van der Waals surface area contributed by atoms with Gasteiger partial charge in [0, 0.05) is 0 Å². The molecule has 0 spiro atoms. The van der Waals surface area contributed by atoms with Crippen molar-refractivity contribution in [1.82, 2.24) is 5.32 Å². The molecule has 0 bridgehead atoms. The lowest BCUT2D eigenvalue weighted by Crippen LogP contribution is -2.43. The second-order valence-corrected chi connectivity index (χ2v) is 3.19. The molecule has 74 valence electrons. The molecular formula is C9H22N2O. The van der Waals surface area contributed by atoms with Crippen LogP contribution in [0.4, 0.5) is 0 Å². The number of nitrogens with one attached hydrogen (secondary N) is 1. The Morgan fingerprint density at radius 1 is 1.33 bits per heavy atom. The van der Waals surface area contributed by atoms with Gasteiger partial charge < -0.3 is 10.8 Å². The first-order chi connectivity index (χ1) is 5.70. The molecule has 2 atom stereocenters. The number of rotatable bonds is 7. The van der Waals surface area contributed by atoms with E-state index in [-0.39, 0.29) is 6.17 Å². The molecule has 2 unspecified atom stereocenters. The molecule has 0 aromatic heterocycles. The van der Waals surface area contributed by atoms with Gasteiger partial charge in [-0.15, -0.1) is 0 Å². The summed E-state index contributed by atoms with van der Waals surface area (Å²) in [7, 11) is 0. The van der Waals surface area contributed by atoms with Crippen LogP contribution in [-0.2, 0) is 0 Å². The molecule has 0 saturated carbocycles. The van der Waals surface area contributed by atoms with Gasteiger partial charge in [0.1, 0.15) is 6.23 Å². The van der Waals surface area contributed by atoms with Gasteiger partial charge in [0.05, 0.1) is 6.17 Å². The minimum atomic E-state index is -0.443. The van der Waals surface area contributed by atoms with Gasteiger partial charge in [-0.1, -0.05) is 33.1 Å². The zero-order chi connectivity index (χ0) is 9.40. The van der Waals surface area contributed by atoms with E-state index in [9.17, 15) is 5.11 Å². The minimum Gasteiger partial charge on any atom is -0.379 e. The van der Waals surface area contributed by atoms with Crippen molar-refractivity contribution in [3.63, 3.8) is 0 Å². The molecular weight excluding hydrogens is 152 g/mol. The van der Waals surface area contributed by atoms with E-state index in [2.05, 4.69) is 12.2 Å². The topological polar surface area (TPSA) is 58.3 Å². The quantitative estimate of drug-likeness (QED) is 0.401. The molecule has 0 heterocycles. The second kappa shape index (κ2) is 7.53. The fraction of sp³-hybridized carbons (Fsp3) is 1.00. The van der Waals surface area contributed by atoms with Crippen LogP contribution < -0.4 is 11.1 Å². The summed E-state index contributed by atoms with van der Waals surface area (Å²) in [6.07, 6.45) is 4.74. The van der Waals surface area contributed by atoms with Crippen LogP contribution in [0.15, 0.2) is 0 Å². The molecule has 12 heavy (non-hydrogen) atoms. The van der Waals surface area contributed by atoms with Crippen molar-refractivity contribution in [3.8, 4) is 0 Å². The summed E-state index contributed by atoms with van der Waals surface area (Å²) in [5.41, 5.74) is 5.72. The van der Waals surface area contributed by atoms with Crippen LogP contribution in [0.3, 0.4) is 0 Å². The summed E-state index contributed by atoms with van der Waals surface area (Å²) in [5.74, 6) is 0. The van der Waals surface area contributed by atoms with Crippen molar-refractivity contribution in [1.29, 1.82) is 0 Å². The molecule has 0 aliphatic heterocycles. The number of hydrogen-bond donors (Lipinski definition) is 3. The average molecular weight is 174 g/mol. The Labute approximate surface area is 75.3 Å². The molecule has 0 aromatic rings. The van der Waals surface area contributed by atoms with Crippen LogP contribution >= 0.6 is 0 Å². The van der Waals surface area contributed by atoms with Crippen molar-refractivity contribution in [3.05, 3.63) is 0 Å². The fourth-order valence-electron chi connectivity index (χ4n) is 1.06. The van der Waals surface area contributed by atoms with Crippen molar-refractivity contribution < 1.29 is 5.11 Å². The summed E-state index contributed by atoms with van der Waals surface area (Å²) in [4.78, 5) is 0. The Morgan fingerprint density at radius 3 is 2.50 bits per heavy atom. The molecule has 0 fully saturated rings. The normalized spacial score (nSPS) is 16.0. The minimum absolute atomic E-state index is 0.0495. The lowest BCUT2D eigenvalue weighted by molar-refractivity contribution is 0.116. The first kappa shape index (κ1) is 11.9. The molecule has 3 heteroatoms. The average Bonchev–Trinajstić information content (AvgIpc) is 2.05. The first-order valence-electron chi connectivity index (χ1n) is 4.90. The zero-order valence-corrected chi connectivity index (χ0v) is 8.21. The van der Waals surface area contributed by atoms with Gasteiger partial charge in [-0.2, -0.15) is 0 Å². The van der Waals surface area contributed by atoms with Gasteiger partial charge in [0.15, 0.2) is 0 Å². The summed E-state index contributed by atoms with van der Waals surface area (Å²) < 4.78 is 0. The molecule has 0 aliphatic rings. The molecule has 0 radical (unpaired) electrons. The van der Waals surface area contributed by atoms with E-state index >= 15 is 0 Å². The Balaban J connectivity index is 3.26. The molecule has 0 saturated heterocycles. The van der Waals surface area contributed by atoms with Crippen molar-refractivity contribution in [2.24, 2.45) is 5.73 Å². The van der Waals surface area contributed by atoms with Gasteiger partial charge in [-0.25, -0.2) is 0 Å². The van der Waals surface area contributed by atoms with Crippen molar-refractivity contribution in [2.75, 3.05) is 0 Å².